The van der Waals surface area contributed by atoms with Crippen molar-refractivity contribution < 1.29 is 4.79 Å². The van der Waals surface area contributed by atoms with Crippen LogP contribution >= 0.6 is 34.5 Å². The largest absolute Gasteiger partial charge is 0.348 e. The first-order chi connectivity index (χ1) is 8.61. The first-order valence-corrected chi connectivity index (χ1v) is 7.65. The summed E-state index contributed by atoms with van der Waals surface area (Å²) < 4.78 is 0.954. The number of hydrogen-bond donors (Lipinski definition) is 2. The normalized spacial score (nSPS) is 17.9. The Morgan fingerprint density at radius 3 is 2.67 bits per heavy atom. The Hall–Kier alpha value is -0.290. The third-order valence-electron chi connectivity index (χ3n) is 3.44. The minimum absolute atomic E-state index is 0.0368. The van der Waals surface area contributed by atoms with E-state index in [2.05, 4.69) is 5.32 Å². The van der Waals surface area contributed by atoms with Gasteiger partial charge in [-0.3, -0.25) is 4.79 Å². The van der Waals surface area contributed by atoms with Gasteiger partial charge in [0, 0.05) is 12.6 Å². The molecule has 0 saturated heterocycles. The Bertz CT molecular complexity index is 430. The topological polar surface area (TPSA) is 55.1 Å². The minimum atomic E-state index is -0.175. The lowest BCUT2D eigenvalue weighted by molar-refractivity contribution is 0.0925. The maximum atomic E-state index is 12.1. The summed E-state index contributed by atoms with van der Waals surface area (Å²) in [4.78, 5) is 12.1. The fourth-order valence-electron chi connectivity index (χ4n) is 2.47. The van der Waals surface area contributed by atoms with Crippen molar-refractivity contribution in [2.75, 3.05) is 6.54 Å². The summed E-state index contributed by atoms with van der Waals surface area (Å²) in [6, 6.07) is 1.64. The highest BCUT2D eigenvalue weighted by Crippen LogP contribution is 2.32. The van der Waals surface area contributed by atoms with Crippen LogP contribution in [0.5, 0.6) is 0 Å². The van der Waals surface area contributed by atoms with E-state index in [-0.39, 0.29) is 11.9 Å². The third kappa shape index (κ3) is 3.18. The van der Waals surface area contributed by atoms with Gasteiger partial charge in [-0.1, -0.05) is 36.0 Å². The maximum absolute atomic E-state index is 12.1. The molecule has 1 unspecified atom stereocenters. The second-order valence-corrected chi connectivity index (χ2v) is 6.88. The highest BCUT2D eigenvalue weighted by Gasteiger charge is 2.26. The van der Waals surface area contributed by atoms with E-state index in [4.69, 9.17) is 28.9 Å². The van der Waals surface area contributed by atoms with Crippen molar-refractivity contribution >= 4 is 40.4 Å². The lowest BCUT2D eigenvalue weighted by Gasteiger charge is -2.22. The molecule has 0 aliphatic heterocycles. The molecule has 1 aliphatic rings. The molecule has 0 bridgehead atoms. The van der Waals surface area contributed by atoms with Crippen LogP contribution in [0.3, 0.4) is 0 Å². The van der Waals surface area contributed by atoms with E-state index in [0.717, 1.165) is 12.8 Å². The number of carbonyl (C=O) groups is 1. The zero-order valence-corrected chi connectivity index (χ0v) is 12.2. The molecule has 1 heterocycles. The number of thiophene rings is 1. The molecule has 1 saturated carbocycles. The van der Waals surface area contributed by atoms with Gasteiger partial charge in [0.2, 0.25) is 0 Å². The van der Waals surface area contributed by atoms with Crippen LogP contribution in [0.15, 0.2) is 6.07 Å². The SMILES string of the molecule is NCC(NC(=O)c1cc(Cl)sc1Cl)C1CCCC1. The maximum Gasteiger partial charge on any atom is 0.253 e. The number of rotatable bonds is 4. The zero-order chi connectivity index (χ0) is 13.1. The fourth-order valence-corrected chi connectivity index (χ4v) is 3.93. The van der Waals surface area contributed by atoms with Crippen LogP contribution in [0, 0.1) is 5.92 Å². The van der Waals surface area contributed by atoms with Gasteiger partial charge >= 0.3 is 0 Å². The third-order valence-corrected chi connectivity index (χ3v) is 4.93. The Balaban J connectivity index is 2.03. The molecule has 1 aliphatic carbocycles. The standard InChI is InChI=1S/C12H16Cl2N2OS/c13-10-5-8(11(14)18-10)12(17)16-9(6-15)7-3-1-2-4-7/h5,7,9H,1-4,6,15H2,(H,16,17). The summed E-state index contributed by atoms with van der Waals surface area (Å²) >= 11 is 13.0. The van der Waals surface area contributed by atoms with Crippen LogP contribution in [0.2, 0.25) is 8.67 Å². The molecule has 1 fully saturated rings. The van der Waals surface area contributed by atoms with Crippen molar-refractivity contribution in [1.29, 1.82) is 0 Å². The van der Waals surface area contributed by atoms with Crippen LogP contribution in [-0.2, 0) is 0 Å². The van der Waals surface area contributed by atoms with Crippen LogP contribution < -0.4 is 11.1 Å². The van der Waals surface area contributed by atoms with Gasteiger partial charge in [0.25, 0.3) is 5.91 Å². The molecule has 1 aromatic rings. The van der Waals surface area contributed by atoms with Gasteiger partial charge in [-0.05, 0) is 24.8 Å². The average molecular weight is 307 g/mol. The highest BCUT2D eigenvalue weighted by molar-refractivity contribution is 7.20. The number of nitrogens with two attached hydrogens (primary N) is 1. The van der Waals surface area contributed by atoms with Crippen molar-refractivity contribution in [1.82, 2.24) is 5.32 Å². The monoisotopic (exact) mass is 306 g/mol. The van der Waals surface area contributed by atoms with Crippen molar-refractivity contribution in [3.8, 4) is 0 Å². The van der Waals surface area contributed by atoms with E-state index < -0.39 is 0 Å². The molecule has 1 amide bonds. The summed E-state index contributed by atoms with van der Waals surface area (Å²) in [6.07, 6.45) is 4.73. The Morgan fingerprint density at radius 1 is 1.50 bits per heavy atom. The molecule has 2 rings (SSSR count). The number of halogens is 2. The van der Waals surface area contributed by atoms with E-state index >= 15 is 0 Å². The van der Waals surface area contributed by atoms with Crippen molar-refractivity contribution in [2.24, 2.45) is 11.7 Å². The van der Waals surface area contributed by atoms with Gasteiger partial charge in [0.15, 0.2) is 0 Å². The second-order valence-electron chi connectivity index (χ2n) is 4.60. The lowest BCUT2D eigenvalue weighted by Crippen LogP contribution is -2.44. The first kappa shape index (κ1) is 14.1. The van der Waals surface area contributed by atoms with Crippen molar-refractivity contribution in [3.05, 3.63) is 20.3 Å². The molecule has 18 heavy (non-hydrogen) atoms. The molecule has 0 aromatic carbocycles. The Morgan fingerprint density at radius 2 is 2.17 bits per heavy atom. The van der Waals surface area contributed by atoms with E-state index in [0.29, 0.717) is 26.7 Å². The molecular formula is C12H16Cl2N2OS. The van der Waals surface area contributed by atoms with Gasteiger partial charge in [-0.2, -0.15) is 0 Å². The number of nitrogens with one attached hydrogen (secondary N) is 1. The van der Waals surface area contributed by atoms with Crippen LogP contribution in [-0.4, -0.2) is 18.5 Å². The zero-order valence-electron chi connectivity index (χ0n) is 9.92. The van der Waals surface area contributed by atoms with E-state index in [1.807, 2.05) is 0 Å². The number of carbonyl (C=O) groups excluding carboxylic acids is 1. The van der Waals surface area contributed by atoms with E-state index in [1.165, 1.54) is 24.2 Å². The van der Waals surface area contributed by atoms with Crippen molar-refractivity contribution in [2.45, 2.75) is 31.7 Å². The summed E-state index contributed by atoms with van der Waals surface area (Å²) in [7, 11) is 0. The van der Waals surface area contributed by atoms with Crippen LogP contribution in [0.25, 0.3) is 0 Å². The fraction of sp³-hybridized carbons (Fsp3) is 0.583. The molecule has 3 nitrogen and oxygen atoms in total. The summed E-state index contributed by atoms with van der Waals surface area (Å²) in [5.41, 5.74) is 6.20. The molecule has 100 valence electrons. The summed E-state index contributed by atoms with van der Waals surface area (Å²) in [5.74, 6) is 0.317. The van der Waals surface area contributed by atoms with Gasteiger partial charge in [0.1, 0.15) is 4.34 Å². The van der Waals surface area contributed by atoms with E-state index in [9.17, 15) is 4.79 Å². The molecule has 6 heteroatoms. The van der Waals surface area contributed by atoms with Crippen LogP contribution in [0.4, 0.5) is 0 Å². The molecular weight excluding hydrogens is 291 g/mol. The quantitative estimate of drug-likeness (QED) is 0.896. The average Bonchev–Trinajstić information content (AvgIpc) is 2.95. The smallest absolute Gasteiger partial charge is 0.253 e. The Labute approximate surface area is 121 Å². The summed E-state index contributed by atoms with van der Waals surface area (Å²) in [6.45, 7) is 0.464. The number of hydrogen-bond acceptors (Lipinski definition) is 3. The van der Waals surface area contributed by atoms with E-state index in [1.54, 1.807) is 6.07 Å². The lowest BCUT2D eigenvalue weighted by atomic mass is 9.98. The highest BCUT2D eigenvalue weighted by atomic mass is 35.5. The predicted octanol–water partition coefficient (Wildman–Crippen LogP) is 3.30. The molecule has 1 atom stereocenters. The number of amides is 1. The minimum Gasteiger partial charge on any atom is -0.348 e. The van der Waals surface area contributed by atoms with Gasteiger partial charge < -0.3 is 11.1 Å². The molecule has 0 spiro atoms. The Kier molecular flexibility index (Phi) is 4.90. The van der Waals surface area contributed by atoms with Crippen LogP contribution in [0.1, 0.15) is 36.0 Å². The predicted molar refractivity (Wildman–Crippen MR) is 76.6 cm³/mol. The van der Waals surface area contributed by atoms with Crippen molar-refractivity contribution in [3.63, 3.8) is 0 Å². The van der Waals surface area contributed by atoms with Gasteiger partial charge in [-0.15, -0.1) is 11.3 Å². The molecule has 1 aromatic heterocycles. The molecule has 0 radical (unpaired) electrons. The summed E-state index contributed by atoms with van der Waals surface area (Å²) in [5, 5.41) is 2.98. The van der Waals surface area contributed by atoms with Gasteiger partial charge in [-0.25, -0.2) is 0 Å². The molecule has 3 N–H and O–H groups in total. The second kappa shape index (κ2) is 6.24. The van der Waals surface area contributed by atoms with Gasteiger partial charge in [0.05, 0.1) is 9.90 Å². The first-order valence-electron chi connectivity index (χ1n) is 6.07.